The molecule has 15 heavy (non-hydrogen) atoms. The van der Waals surface area contributed by atoms with Crippen molar-refractivity contribution in [2.24, 2.45) is 0 Å². The van der Waals surface area contributed by atoms with E-state index in [-0.39, 0.29) is 0 Å². The number of hydrogen-bond acceptors (Lipinski definition) is 0. The monoisotopic (exact) mass is 230 g/mol. The molecular formula is C14H31P. The summed E-state index contributed by atoms with van der Waals surface area (Å²) < 4.78 is 0. The summed E-state index contributed by atoms with van der Waals surface area (Å²) in [6.07, 6.45) is 14.3. The molecule has 0 heterocycles. The Labute approximate surface area is 99.8 Å². The first-order chi connectivity index (χ1) is 7.06. The average molecular weight is 230 g/mol. The Morgan fingerprint density at radius 2 is 1.13 bits per heavy atom. The standard InChI is InChI=1S/C14H31P/c1-4-5-6-7-8-9-10-11-12-13-14(2,3)15/h4-13,15H2,1-3H3. The Balaban J connectivity index is 2.99. The summed E-state index contributed by atoms with van der Waals surface area (Å²) in [4.78, 5) is 0. The molecule has 0 spiro atoms. The molecule has 0 radical (unpaired) electrons. The van der Waals surface area contributed by atoms with Gasteiger partial charge in [-0.2, -0.15) is 0 Å². The topological polar surface area (TPSA) is 0 Å². The second-order valence-electron chi connectivity index (χ2n) is 5.57. The minimum atomic E-state index is 0.459. The molecule has 0 nitrogen and oxygen atoms in total. The van der Waals surface area contributed by atoms with Crippen LogP contribution in [0.1, 0.15) is 85.0 Å². The van der Waals surface area contributed by atoms with Crippen molar-refractivity contribution >= 4 is 9.24 Å². The first-order valence-electron chi connectivity index (χ1n) is 6.85. The highest BCUT2D eigenvalue weighted by molar-refractivity contribution is 7.18. The summed E-state index contributed by atoms with van der Waals surface area (Å²) in [5.41, 5.74) is 0. The Kier molecular flexibility index (Phi) is 9.92. The van der Waals surface area contributed by atoms with E-state index in [0.717, 1.165) is 0 Å². The van der Waals surface area contributed by atoms with Crippen molar-refractivity contribution in [1.82, 2.24) is 0 Å². The Morgan fingerprint density at radius 1 is 0.733 bits per heavy atom. The van der Waals surface area contributed by atoms with Crippen LogP contribution < -0.4 is 0 Å². The van der Waals surface area contributed by atoms with Crippen LogP contribution in [0.25, 0.3) is 0 Å². The molecule has 92 valence electrons. The molecular weight excluding hydrogens is 199 g/mol. The Morgan fingerprint density at radius 3 is 1.53 bits per heavy atom. The second kappa shape index (κ2) is 9.64. The van der Waals surface area contributed by atoms with Gasteiger partial charge in [0.25, 0.3) is 0 Å². The molecule has 0 saturated heterocycles. The van der Waals surface area contributed by atoms with Gasteiger partial charge in [-0.1, -0.05) is 78.6 Å². The first kappa shape index (κ1) is 15.4. The van der Waals surface area contributed by atoms with E-state index in [9.17, 15) is 0 Å². The maximum atomic E-state index is 2.94. The molecule has 0 rings (SSSR count). The third-order valence-corrected chi connectivity index (χ3v) is 3.21. The lowest BCUT2D eigenvalue weighted by Gasteiger charge is -2.17. The van der Waals surface area contributed by atoms with Crippen molar-refractivity contribution in [3.63, 3.8) is 0 Å². The number of unbranched alkanes of at least 4 members (excludes halogenated alkanes) is 8. The third-order valence-electron chi connectivity index (χ3n) is 2.92. The molecule has 0 aromatic heterocycles. The molecule has 1 heteroatoms. The summed E-state index contributed by atoms with van der Waals surface area (Å²) in [5, 5.41) is 0.459. The van der Waals surface area contributed by atoms with Crippen molar-refractivity contribution < 1.29 is 0 Å². The van der Waals surface area contributed by atoms with E-state index in [2.05, 4.69) is 30.0 Å². The van der Waals surface area contributed by atoms with Crippen LogP contribution in [0, 0.1) is 0 Å². The number of hydrogen-bond donors (Lipinski definition) is 0. The largest absolute Gasteiger partial charge is 0.132 e. The van der Waals surface area contributed by atoms with Gasteiger partial charge in [-0.15, -0.1) is 9.24 Å². The Bertz CT molecular complexity index is 124. The van der Waals surface area contributed by atoms with Crippen LogP contribution in [0.15, 0.2) is 0 Å². The minimum Gasteiger partial charge on any atom is -0.132 e. The van der Waals surface area contributed by atoms with Gasteiger partial charge in [0.1, 0.15) is 0 Å². The van der Waals surface area contributed by atoms with Crippen molar-refractivity contribution in [2.45, 2.75) is 90.1 Å². The van der Waals surface area contributed by atoms with Crippen LogP contribution in [0.4, 0.5) is 0 Å². The van der Waals surface area contributed by atoms with E-state index in [1.54, 1.807) is 0 Å². The molecule has 0 aromatic carbocycles. The molecule has 0 amide bonds. The zero-order valence-corrected chi connectivity index (χ0v) is 12.3. The van der Waals surface area contributed by atoms with Gasteiger partial charge in [0.05, 0.1) is 0 Å². The van der Waals surface area contributed by atoms with Crippen LogP contribution in [-0.4, -0.2) is 5.16 Å². The molecule has 0 aliphatic carbocycles. The van der Waals surface area contributed by atoms with Gasteiger partial charge in [0, 0.05) is 0 Å². The fourth-order valence-electron chi connectivity index (χ4n) is 1.89. The van der Waals surface area contributed by atoms with E-state index >= 15 is 0 Å². The first-order valence-corrected chi connectivity index (χ1v) is 7.43. The molecule has 0 saturated carbocycles. The maximum absolute atomic E-state index is 2.94. The van der Waals surface area contributed by atoms with Crippen LogP contribution in [-0.2, 0) is 0 Å². The fraction of sp³-hybridized carbons (Fsp3) is 1.00. The zero-order valence-electron chi connectivity index (χ0n) is 11.1. The summed E-state index contributed by atoms with van der Waals surface area (Å²) in [6, 6.07) is 0. The average Bonchev–Trinajstić information content (AvgIpc) is 2.14. The maximum Gasteiger partial charge on any atom is -0.0207 e. The lowest BCUT2D eigenvalue weighted by Crippen LogP contribution is -2.07. The summed E-state index contributed by atoms with van der Waals surface area (Å²) in [6.45, 7) is 6.90. The molecule has 0 bridgehead atoms. The van der Waals surface area contributed by atoms with Crippen molar-refractivity contribution in [1.29, 1.82) is 0 Å². The highest BCUT2D eigenvalue weighted by Crippen LogP contribution is 2.24. The summed E-state index contributed by atoms with van der Waals surface area (Å²) >= 11 is 0. The highest BCUT2D eigenvalue weighted by atomic mass is 31.0. The lowest BCUT2D eigenvalue weighted by molar-refractivity contribution is 0.528. The highest BCUT2D eigenvalue weighted by Gasteiger charge is 2.08. The molecule has 1 unspecified atom stereocenters. The molecule has 0 aliphatic heterocycles. The van der Waals surface area contributed by atoms with Gasteiger partial charge in [-0.3, -0.25) is 0 Å². The van der Waals surface area contributed by atoms with Crippen LogP contribution in [0.5, 0.6) is 0 Å². The van der Waals surface area contributed by atoms with Gasteiger partial charge in [0.15, 0.2) is 0 Å². The molecule has 0 N–H and O–H groups in total. The van der Waals surface area contributed by atoms with Crippen molar-refractivity contribution in [3.05, 3.63) is 0 Å². The SMILES string of the molecule is CCCCCCCCCCCC(C)(C)P. The van der Waals surface area contributed by atoms with Crippen molar-refractivity contribution in [3.8, 4) is 0 Å². The van der Waals surface area contributed by atoms with Crippen LogP contribution in [0.2, 0.25) is 0 Å². The lowest BCUT2D eigenvalue weighted by atomic mass is 10.0. The van der Waals surface area contributed by atoms with E-state index in [0.29, 0.717) is 5.16 Å². The van der Waals surface area contributed by atoms with Crippen LogP contribution in [0.3, 0.4) is 0 Å². The smallest absolute Gasteiger partial charge is 0.0207 e. The normalized spacial score (nSPS) is 12.0. The summed E-state index contributed by atoms with van der Waals surface area (Å²) in [5.74, 6) is 0. The fourth-order valence-corrected chi connectivity index (χ4v) is 2.10. The Hall–Kier alpha value is 0.430. The van der Waals surface area contributed by atoms with Gasteiger partial charge < -0.3 is 0 Å². The molecule has 0 aromatic rings. The molecule has 1 atom stereocenters. The quantitative estimate of drug-likeness (QED) is 0.340. The van der Waals surface area contributed by atoms with E-state index in [1.165, 1.54) is 64.2 Å². The molecule has 0 fully saturated rings. The van der Waals surface area contributed by atoms with Crippen LogP contribution >= 0.6 is 9.24 Å². The van der Waals surface area contributed by atoms with Gasteiger partial charge in [-0.05, 0) is 11.6 Å². The van der Waals surface area contributed by atoms with Gasteiger partial charge >= 0.3 is 0 Å². The molecule has 0 aliphatic rings. The van der Waals surface area contributed by atoms with E-state index in [4.69, 9.17) is 0 Å². The van der Waals surface area contributed by atoms with Gasteiger partial charge in [0.2, 0.25) is 0 Å². The minimum absolute atomic E-state index is 0.459. The third kappa shape index (κ3) is 14.4. The van der Waals surface area contributed by atoms with Crippen molar-refractivity contribution in [2.75, 3.05) is 0 Å². The second-order valence-corrected chi connectivity index (χ2v) is 7.13. The van der Waals surface area contributed by atoms with E-state index in [1.807, 2.05) is 0 Å². The predicted molar refractivity (Wildman–Crippen MR) is 75.6 cm³/mol. The number of rotatable bonds is 10. The predicted octanol–water partition coefficient (Wildman–Crippen LogP) is 5.56. The summed E-state index contributed by atoms with van der Waals surface area (Å²) in [7, 11) is 2.94. The van der Waals surface area contributed by atoms with E-state index < -0.39 is 0 Å². The zero-order chi connectivity index (χ0) is 11.6. The van der Waals surface area contributed by atoms with Gasteiger partial charge in [-0.25, -0.2) is 0 Å².